The maximum absolute atomic E-state index is 13.3. The molecule has 162 valence electrons. The first-order valence-electron chi connectivity index (χ1n) is 9.86. The Balaban J connectivity index is 1.86. The molecule has 0 saturated heterocycles. The molecule has 2 aliphatic heterocycles. The first kappa shape index (κ1) is 20.1. The number of anilines is 1. The van der Waals surface area contributed by atoms with Crippen molar-refractivity contribution in [3.8, 4) is 23.0 Å². The molecule has 0 fully saturated rings. The minimum atomic E-state index is -1.36. The van der Waals surface area contributed by atoms with E-state index in [0.29, 0.717) is 52.4 Å². The quantitative estimate of drug-likeness (QED) is 0.301. The van der Waals surface area contributed by atoms with Crippen LogP contribution in [0.15, 0.2) is 48.5 Å². The maximum atomic E-state index is 13.3. The topological polar surface area (TPSA) is 140 Å². The van der Waals surface area contributed by atoms with E-state index in [4.69, 9.17) is 33.2 Å². The van der Waals surface area contributed by atoms with Crippen LogP contribution < -0.4 is 21.5 Å². The van der Waals surface area contributed by atoms with Gasteiger partial charge in [0.1, 0.15) is 23.0 Å². The lowest BCUT2D eigenvalue weighted by Gasteiger charge is -2.36. The van der Waals surface area contributed by atoms with Gasteiger partial charge in [-0.2, -0.15) is 0 Å². The van der Waals surface area contributed by atoms with Crippen molar-refractivity contribution >= 4 is 29.0 Å². The van der Waals surface area contributed by atoms with E-state index < -0.39 is 11.6 Å². The molecule has 0 aliphatic carbocycles. The average molecular weight is 449 g/mol. The summed E-state index contributed by atoms with van der Waals surface area (Å²) in [7, 11) is 0. The van der Waals surface area contributed by atoms with Crippen molar-refractivity contribution in [2.45, 2.75) is 12.0 Å². The third-order valence-corrected chi connectivity index (χ3v) is 5.79. The molecular weight excluding hydrogens is 430 g/mol. The lowest BCUT2D eigenvalue weighted by molar-refractivity contribution is 0.0224. The number of carbonyl (C=O) groups is 1. The summed E-state index contributed by atoms with van der Waals surface area (Å²) in [5.74, 6) is 0.0113. The number of rotatable bonds is 3. The highest BCUT2D eigenvalue weighted by Crippen LogP contribution is 2.58. The molecular formula is C23H19N3O5S. The molecule has 3 aromatic rings. The number of carbonyl (C=O) groups excluding carboxylic acids is 1. The van der Waals surface area contributed by atoms with E-state index in [1.165, 1.54) is 24.3 Å². The Morgan fingerprint density at radius 2 is 1.59 bits per heavy atom. The Bertz CT molecular complexity index is 1260. The average Bonchev–Trinajstić information content (AvgIpc) is 3.02. The zero-order valence-electron chi connectivity index (χ0n) is 16.7. The second-order valence-electron chi connectivity index (χ2n) is 7.58. The standard InChI is InChI=1S/C23H19N3O5S/c24-8-7-11-1-4-16-19(20(11)26-22(25)32)21(29)31-23(16)14-5-2-12(27)9-17(14)30-18-10-13(28)3-6-15(18)23/h1-6,9-10,27-28H,7-8,24H2,(H3,25,26,32). The summed E-state index contributed by atoms with van der Waals surface area (Å²) >= 11 is 5.04. The van der Waals surface area contributed by atoms with Crippen LogP contribution in [0.4, 0.5) is 5.69 Å². The van der Waals surface area contributed by atoms with Crippen LogP contribution in [0.5, 0.6) is 23.0 Å². The van der Waals surface area contributed by atoms with Gasteiger partial charge in [-0.3, -0.25) is 0 Å². The maximum Gasteiger partial charge on any atom is 0.342 e. The van der Waals surface area contributed by atoms with Crippen LogP contribution in [0.2, 0.25) is 0 Å². The molecule has 0 bridgehead atoms. The number of phenolic OH excluding ortho intramolecular Hbond substituents is 2. The van der Waals surface area contributed by atoms with Gasteiger partial charge in [0.25, 0.3) is 0 Å². The second kappa shape index (κ2) is 7.11. The summed E-state index contributed by atoms with van der Waals surface area (Å²) < 4.78 is 12.1. The zero-order valence-corrected chi connectivity index (χ0v) is 17.5. The fourth-order valence-corrected chi connectivity index (χ4v) is 4.56. The molecule has 2 heterocycles. The van der Waals surface area contributed by atoms with Crippen LogP contribution in [0, 0.1) is 0 Å². The smallest absolute Gasteiger partial charge is 0.342 e. The molecule has 7 N–H and O–H groups in total. The number of benzene rings is 3. The molecule has 0 unspecified atom stereocenters. The number of esters is 1. The number of phenols is 2. The SMILES string of the molecule is NCCc1ccc2c(c1NC(N)=S)C(=O)OC21c2ccc(O)cc2Oc2cc(O)ccc21. The molecule has 0 aromatic heterocycles. The third-order valence-electron chi connectivity index (χ3n) is 5.69. The molecule has 0 radical (unpaired) electrons. The minimum absolute atomic E-state index is 0.00745. The second-order valence-corrected chi connectivity index (χ2v) is 8.02. The lowest BCUT2D eigenvalue weighted by Crippen LogP contribution is -2.33. The predicted molar refractivity (Wildman–Crippen MR) is 121 cm³/mol. The van der Waals surface area contributed by atoms with Crippen LogP contribution >= 0.6 is 12.2 Å². The van der Waals surface area contributed by atoms with Gasteiger partial charge >= 0.3 is 5.97 Å². The van der Waals surface area contributed by atoms with Crippen molar-refractivity contribution in [1.29, 1.82) is 0 Å². The zero-order chi connectivity index (χ0) is 22.6. The number of aromatic hydroxyl groups is 2. The Morgan fingerprint density at radius 1 is 1.00 bits per heavy atom. The molecule has 1 spiro atoms. The molecule has 0 atom stereocenters. The van der Waals surface area contributed by atoms with Gasteiger partial charge in [0.05, 0.1) is 11.3 Å². The van der Waals surface area contributed by atoms with Crippen molar-refractivity contribution in [3.05, 3.63) is 76.3 Å². The van der Waals surface area contributed by atoms with E-state index in [1.54, 1.807) is 12.1 Å². The number of hydrogen-bond acceptors (Lipinski definition) is 7. The van der Waals surface area contributed by atoms with Crippen molar-refractivity contribution < 1.29 is 24.5 Å². The first-order chi connectivity index (χ1) is 15.3. The number of thiocarbonyl (C=S) groups is 1. The first-order valence-corrected chi connectivity index (χ1v) is 10.3. The van der Waals surface area contributed by atoms with Gasteiger partial charge in [-0.15, -0.1) is 0 Å². The van der Waals surface area contributed by atoms with E-state index in [2.05, 4.69) is 5.32 Å². The van der Waals surface area contributed by atoms with Crippen LogP contribution in [0.1, 0.15) is 32.6 Å². The van der Waals surface area contributed by atoms with Gasteiger partial charge in [0.2, 0.25) is 0 Å². The van der Waals surface area contributed by atoms with E-state index >= 15 is 0 Å². The molecule has 0 saturated carbocycles. The fraction of sp³-hybridized carbons (Fsp3) is 0.130. The number of nitrogens with two attached hydrogens (primary N) is 2. The van der Waals surface area contributed by atoms with Gasteiger partial charge in [-0.25, -0.2) is 4.79 Å². The van der Waals surface area contributed by atoms with Crippen LogP contribution in [-0.2, 0) is 16.8 Å². The summed E-state index contributed by atoms with van der Waals surface area (Å²) in [6, 6.07) is 12.8. The van der Waals surface area contributed by atoms with Crippen molar-refractivity contribution in [2.24, 2.45) is 11.5 Å². The van der Waals surface area contributed by atoms with E-state index in [9.17, 15) is 15.0 Å². The summed E-state index contributed by atoms with van der Waals surface area (Å²) in [4.78, 5) is 13.3. The number of ether oxygens (including phenoxy) is 2. The molecule has 2 aliphatic rings. The molecule has 5 rings (SSSR count). The Labute approximate surface area is 188 Å². The van der Waals surface area contributed by atoms with E-state index in [0.717, 1.165) is 5.56 Å². The van der Waals surface area contributed by atoms with E-state index in [-0.39, 0.29) is 16.6 Å². The molecule has 9 heteroatoms. The summed E-state index contributed by atoms with van der Waals surface area (Å²) in [6.07, 6.45) is 0.497. The normalized spacial score (nSPS) is 14.7. The summed E-state index contributed by atoms with van der Waals surface area (Å²) in [6.45, 7) is 0.364. The van der Waals surface area contributed by atoms with Crippen LogP contribution in [-0.4, -0.2) is 27.8 Å². The monoisotopic (exact) mass is 449 g/mol. The van der Waals surface area contributed by atoms with Crippen LogP contribution in [0.25, 0.3) is 0 Å². The van der Waals surface area contributed by atoms with Gasteiger partial charge in [-0.05, 0) is 55.0 Å². The fourth-order valence-electron chi connectivity index (χ4n) is 4.46. The van der Waals surface area contributed by atoms with Gasteiger partial charge in [0, 0.05) is 28.8 Å². The van der Waals surface area contributed by atoms with Gasteiger partial charge < -0.3 is 36.5 Å². The number of fused-ring (bicyclic) bond motifs is 6. The molecule has 32 heavy (non-hydrogen) atoms. The largest absolute Gasteiger partial charge is 0.508 e. The Kier molecular flexibility index (Phi) is 4.47. The van der Waals surface area contributed by atoms with Crippen molar-refractivity contribution in [3.63, 3.8) is 0 Å². The summed E-state index contributed by atoms with van der Waals surface area (Å²) in [5, 5.41) is 23.0. The number of nitrogens with one attached hydrogen (secondary N) is 1. The Morgan fingerprint density at radius 3 is 2.16 bits per heavy atom. The number of hydrogen-bond donors (Lipinski definition) is 5. The van der Waals surface area contributed by atoms with Crippen molar-refractivity contribution in [1.82, 2.24) is 0 Å². The van der Waals surface area contributed by atoms with Crippen molar-refractivity contribution in [2.75, 3.05) is 11.9 Å². The van der Waals surface area contributed by atoms with Gasteiger partial charge in [0.15, 0.2) is 10.7 Å². The highest BCUT2D eigenvalue weighted by Gasteiger charge is 2.54. The molecule has 0 amide bonds. The predicted octanol–water partition coefficient (Wildman–Crippen LogP) is 2.82. The van der Waals surface area contributed by atoms with Gasteiger partial charge in [-0.1, -0.05) is 12.1 Å². The Hall–Kier alpha value is -3.82. The highest BCUT2D eigenvalue weighted by atomic mass is 32.1. The van der Waals surface area contributed by atoms with Crippen LogP contribution in [0.3, 0.4) is 0 Å². The third kappa shape index (κ3) is 2.79. The van der Waals surface area contributed by atoms with E-state index in [1.807, 2.05) is 12.1 Å². The minimum Gasteiger partial charge on any atom is -0.508 e. The molecule has 3 aromatic carbocycles. The lowest BCUT2D eigenvalue weighted by atomic mass is 9.77. The summed E-state index contributed by atoms with van der Waals surface area (Å²) in [5.41, 5.74) is 13.3. The highest BCUT2D eigenvalue weighted by molar-refractivity contribution is 7.80. The molecule has 8 nitrogen and oxygen atoms in total.